The van der Waals surface area contributed by atoms with Gasteiger partial charge in [0.2, 0.25) is 0 Å². The predicted octanol–water partition coefficient (Wildman–Crippen LogP) is 3.15. The van der Waals surface area contributed by atoms with Crippen LogP contribution < -0.4 is 10.5 Å². The number of amides is 1. The molecule has 0 saturated carbocycles. The Morgan fingerprint density at radius 1 is 1.26 bits per heavy atom. The zero-order valence-corrected chi connectivity index (χ0v) is 13.5. The lowest BCUT2D eigenvalue weighted by Crippen LogP contribution is -2.54. The summed E-state index contributed by atoms with van der Waals surface area (Å²) in [7, 11) is 0. The molecule has 0 aliphatic carbocycles. The maximum Gasteiger partial charge on any atom is 0.410 e. The number of rotatable bonds is 4. The monoisotopic (exact) mass is 328 g/mol. The first-order valence-electron chi connectivity index (χ1n) is 7.44. The van der Waals surface area contributed by atoms with Gasteiger partial charge in [0.05, 0.1) is 0 Å². The summed E-state index contributed by atoms with van der Waals surface area (Å²) in [5.41, 5.74) is 6.47. The summed E-state index contributed by atoms with van der Waals surface area (Å²) in [6.07, 6.45) is -0.346. The number of halogens is 2. The number of likely N-dealkylation sites (tertiary alicyclic amines) is 1. The average molecular weight is 328 g/mol. The van der Waals surface area contributed by atoms with E-state index in [1.165, 1.54) is 12.1 Å². The van der Waals surface area contributed by atoms with E-state index in [1.54, 1.807) is 17.0 Å². The molecule has 128 valence electrons. The van der Waals surface area contributed by atoms with Gasteiger partial charge in [0.1, 0.15) is 11.4 Å². The average Bonchev–Trinajstić information content (AvgIpc) is 2.34. The molecule has 2 rings (SSSR count). The molecule has 1 aromatic carbocycles. The minimum absolute atomic E-state index is 0.0972. The molecule has 1 aromatic rings. The molecule has 5 nitrogen and oxygen atoms in total. The smallest absolute Gasteiger partial charge is 0.410 e. The van der Waals surface area contributed by atoms with Crippen LogP contribution in [0, 0.1) is 5.92 Å². The van der Waals surface area contributed by atoms with Crippen LogP contribution in [0.1, 0.15) is 32.4 Å². The van der Waals surface area contributed by atoms with Crippen LogP contribution in [0.25, 0.3) is 0 Å². The molecule has 1 saturated heterocycles. The third-order valence-electron chi connectivity index (χ3n) is 3.56. The fourth-order valence-corrected chi connectivity index (χ4v) is 2.36. The van der Waals surface area contributed by atoms with Crippen LogP contribution in [-0.4, -0.2) is 36.3 Å². The number of alkyl halides is 2. The number of carbonyl (C=O) groups excluding carboxylic acids is 1. The van der Waals surface area contributed by atoms with Crippen LogP contribution >= 0.6 is 0 Å². The standard InChI is InChI=1S/C16H22F2N2O3/c1-16(2,3)23-15(21)20-8-11(9-20)13(19)10-4-6-12(7-5-10)22-14(17)18/h4-7,11,13-14H,8-9,19H2,1-3H3. The Balaban J connectivity index is 1.86. The zero-order chi connectivity index (χ0) is 17.2. The molecule has 1 atom stereocenters. The van der Waals surface area contributed by atoms with Crippen LogP contribution in [0.4, 0.5) is 13.6 Å². The van der Waals surface area contributed by atoms with Crippen molar-refractivity contribution in [2.24, 2.45) is 11.7 Å². The summed E-state index contributed by atoms with van der Waals surface area (Å²) in [6.45, 7) is 3.64. The van der Waals surface area contributed by atoms with Crippen molar-refractivity contribution in [2.45, 2.75) is 39.0 Å². The Bertz CT molecular complexity index is 537. The van der Waals surface area contributed by atoms with E-state index in [-0.39, 0.29) is 23.8 Å². The van der Waals surface area contributed by atoms with Crippen LogP contribution in [0.15, 0.2) is 24.3 Å². The van der Waals surface area contributed by atoms with Gasteiger partial charge in [0, 0.05) is 25.0 Å². The lowest BCUT2D eigenvalue weighted by atomic mass is 9.88. The third-order valence-corrected chi connectivity index (χ3v) is 3.56. The Morgan fingerprint density at radius 3 is 2.30 bits per heavy atom. The van der Waals surface area contributed by atoms with E-state index >= 15 is 0 Å². The highest BCUT2D eigenvalue weighted by molar-refractivity contribution is 5.69. The quantitative estimate of drug-likeness (QED) is 0.922. The summed E-state index contributed by atoms with van der Waals surface area (Å²) in [6, 6.07) is 5.99. The minimum atomic E-state index is -2.84. The normalized spacial score (nSPS) is 16.9. The van der Waals surface area contributed by atoms with Gasteiger partial charge in [-0.25, -0.2) is 4.79 Å². The van der Waals surface area contributed by atoms with E-state index in [0.29, 0.717) is 13.1 Å². The van der Waals surface area contributed by atoms with E-state index in [4.69, 9.17) is 10.5 Å². The van der Waals surface area contributed by atoms with E-state index in [2.05, 4.69) is 4.74 Å². The van der Waals surface area contributed by atoms with E-state index in [1.807, 2.05) is 20.8 Å². The van der Waals surface area contributed by atoms with Gasteiger partial charge in [-0.15, -0.1) is 0 Å². The summed E-state index contributed by atoms with van der Waals surface area (Å²) in [4.78, 5) is 13.5. The fourth-order valence-electron chi connectivity index (χ4n) is 2.36. The van der Waals surface area contributed by atoms with Gasteiger partial charge in [-0.3, -0.25) is 0 Å². The third kappa shape index (κ3) is 4.79. The molecule has 1 aliphatic heterocycles. The van der Waals surface area contributed by atoms with E-state index in [0.717, 1.165) is 5.56 Å². The number of carbonyl (C=O) groups is 1. The highest BCUT2D eigenvalue weighted by Gasteiger charge is 2.37. The molecule has 2 N–H and O–H groups in total. The first kappa shape index (κ1) is 17.5. The highest BCUT2D eigenvalue weighted by Crippen LogP contribution is 2.30. The second kappa shape index (κ2) is 6.70. The largest absolute Gasteiger partial charge is 0.444 e. The summed E-state index contributed by atoms with van der Waals surface area (Å²) >= 11 is 0. The number of nitrogens with zero attached hydrogens (tertiary/aromatic N) is 1. The molecular weight excluding hydrogens is 306 g/mol. The van der Waals surface area contributed by atoms with Crippen molar-refractivity contribution in [3.63, 3.8) is 0 Å². The van der Waals surface area contributed by atoms with Crippen molar-refractivity contribution in [3.8, 4) is 5.75 Å². The first-order chi connectivity index (χ1) is 10.7. The van der Waals surface area contributed by atoms with Gasteiger partial charge in [-0.1, -0.05) is 12.1 Å². The number of nitrogens with two attached hydrogens (primary N) is 1. The highest BCUT2D eigenvalue weighted by atomic mass is 19.3. The molecule has 1 amide bonds. The first-order valence-corrected chi connectivity index (χ1v) is 7.44. The molecule has 0 aromatic heterocycles. The van der Waals surface area contributed by atoms with Gasteiger partial charge in [0.15, 0.2) is 0 Å². The van der Waals surface area contributed by atoms with Crippen LogP contribution in [0.3, 0.4) is 0 Å². The lowest BCUT2D eigenvalue weighted by molar-refractivity contribution is -0.0498. The Labute approximate surface area is 134 Å². The summed E-state index contributed by atoms with van der Waals surface area (Å²) in [5, 5.41) is 0. The minimum Gasteiger partial charge on any atom is -0.444 e. The molecule has 1 unspecified atom stereocenters. The van der Waals surface area contributed by atoms with E-state index < -0.39 is 12.2 Å². The van der Waals surface area contributed by atoms with Crippen molar-refractivity contribution < 1.29 is 23.0 Å². The summed E-state index contributed by atoms with van der Waals surface area (Å²) in [5.74, 6) is 0.212. The molecule has 1 fully saturated rings. The molecular formula is C16H22F2N2O3. The van der Waals surface area contributed by atoms with Gasteiger partial charge in [-0.2, -0.15) is 8.78 Å². The van der Waals surface area contributed by atoms with Crippen molar-refractivity contribution in [1.29, 1.82) is 0 Å². The second-order valence-corrected chi connectivity index (χ2v) is 6.62. The lowest BCUT2D eigenvalue weighted by Gasteiger charge is -2.42. The van der Waals surface area contributed by atoms with Crippen LogP contribution in [0.2, 0.25) is 0 Å². The van der Waals surface area contributed by atoms with Crippen molar-refractivity contribution in [1.82, 2.24) is 4.90 Å². The fraction of sp³-hybridized carbons (Fsp3) is 0.562. The second-order valence-electron chi connectivity index (χ2n) is 6.62. The maximum absolute atomic E-state index is 12.1. The Morgan fingerprint density at radius 2 is 1.83 bits per heavy atom. The molecule has 0 bridgehead atoms. The Hall–Kier alpha value is -1.89. The van der Waals surface area contributed by atoms with Gasteiger partial charge < -0.3 is 20.1 Å². The predicted molar refractivity (Wildman–Crippen MR) is 81.3 cm³/mol. The van der Waals surface area contributed by atoms with Gasteiger partial charge >= 0.3 is 12.7 Å². The molecule has 1 aliphatic rings. The molecule has 7 heteroatoms. The van der Waals surface area contributed by atoms with Crippen molar-refractivity contribution in [2.75, 3.05) is 13.1 Å². The SMILES string of the molecule is CC(C)(C)OC(=O)N1CC(C(N)c2ccc(OC(F)F)cc2)C1. The number of benzene rings is 1. The molecule has 0 radical (unpaired) electrons. The number of hydrogen-bond donors (Lipinski definition) is 1. The molecule has 1 heterocycles. The Kier molecular flexibility index (Phi) is 5.09. The van der Waals surface area contributed by atoms with Crippen molar-refractivity contribution >= 4 is 6.09 Å². The molecule has 0 spiro atoms. The summed E-state index contributed by atoms with van der Waals surface area (Å²) < 4.78 is 33.8. The van der Waals surface area contributed by atoms with Gasteiger partial charge in [0.25, 0.3) is 0 Å². The van der Waals surface area contributed by atoms with Crippen LogP contribution in [-0.2, 0) is 4.74 Å². The number of ether oxygens (including phenoxy) is 2. The van der Waals surface area contributed by atoms with Gasteiger partial charge in [-0.05, 0) is 38.5 Å². The van der Waals surface area contributed by atoms with Crippen LogP contribution in [0.5, 0.6) is 5.75 Å². The van der Waals surface area contributed by atoms with E-state index in [9.17, 15) is 13.6 Å². The topological polar surface area (TPSA) is 64.8 Å². The molecule has 23 heavy (non-hydrogen) atoms. The maximum atomic E-state index is 12.1. The number of hydrogen-bond acceptors (Lipinski definition) is 4. The van der Waals surface area contributed by atoms with Crippen molar-refractivity contribution in [3.05, 3.63) is 29.8 Å². The zero-order valence-electron chi connectivity index (χ0n) is 13.5.